The molecular formula is C13H19FN2O2S. The van der Waals surface area contributed by atoms with Crippen molar-refractivity contribution in [2.45, 2.75) is 31.1 Å². The summed E-state index contributed by atoms with van der Waals surface area (Å²) < 4.78 is 40.2. The van der Waals surface area contributed by atoms with E-state index in [1.807, 2.05) is 0 Å². The van der Waals surface area contributed by atoms with Crippen molar-refractivity contribution >= 4 is 10.0 Å². The molecule has 106 valence electrons. The number of piperidine rings is 1. The molecule has 2 atom stereocenters. The van der Waals surface area contributed by atoms with Gasteiger partial charge in [-0.2, -0.15) is 0 Å². The Morgan fingerprint density at radius 1 is 1.47 bits per heavy atom. The molecule has 0 bridgehead atoms. The molecule has 0 aliphatic carbocycles. The summed E-state index contributed by atoms with van der Waals surface area (Å²) >= 11 is 0. The first kappa shape index (κ1) is 14.4. The topological polar surface area (TPSA) is 58.2 Å². The van der Waals surface area contributed by atoms with Crippen molar-refractivity contribution in [3.8, 4) is 0 Å². The molecule has 1 saturated heterocycles. The van der Waals surface area contributed by atoms with Crippen LogP contribution < -0.4 is 10.0 Å². The fourth-order valence-electron chi connectivity index (χ4n) is 2.27. The molecule has 4 nitrogen and oxygen atoms in total. The Morgan fingerprint density at radius 3 is 2.89 bits per heavy atom. The lowest BCUT2D eigenvalue weighted by molar-refractivity contribution is 0.484. The maximum atomic E-state index is 13.1. The van der Waals surface area contributed by atoms with E-state index in [-0.39, 0.29) is 5.82 Å². The molecule has 0 aromatic heterocycles. The molecule has 2 unspecified atom stereocenters. The van der Waals surface area contributed by atoms with Crippen molar-refractivity contribution in [1.29, 1.82) is 0 Å². The molecule has 1 fully saturated rings. The largest absolute Gasteiger partial charge is 0.315 e. The van der Waals surface area contributed by atoms with Gasteiger partial charge in [0, 0.05) is 12.6 Å². The normalized spacial score (nSPS) is 22.1. The lowest BCUT2D eigenvalue weighted by Crippen LogP contribution is -2.44. The molecule has 2 N–H and O–H groups in total. The highest BCUT2D eigenvalue weighted by Gasteiger charge is 2.28. The third kappa shape index (κ3) is 3.75. The maximum absolute atomic E-state index is 13.1. The molecule has 1 aliphatic heterocycles. The van der Waals surface area contributed by atoms with E-state index in [1.54, 1.807) is 19.1 Å². The van der Waals surface area contributed by atoms with Crippen LogP contribution in [0.25, 0.3) is 0 Å². The molecule has 1 aromatic carbocycles. The van der Waals surface area contributed by atoms with Crippen LogP contribution in [0.2, 0.25) is 0 Å². The Labute approximate surface area is 113 Å². The van der Waals surface area contributed by atoms with Gasteiger partial charge in [-0.15, -0.1) is 0 Å². The van der Waals surface area contributed by atoms with E-state index < -0.39 is 21.3 Å². The lowest BCUT2D eigenvalue weighted by Gasteiger charge is -2.25. The quantitative estimate of drug-likeness (QED) is 0.883. The second-order valence-corrected chi connectivity index (χ2v) is 6.90. The summed E-state index contributed by atoms with van der Waals surface area (Å²) in [6.07, 6.45) is 1.53. The number of hydrogen-bond donors (Lipinski definition) is 2. The molecule has 6 heteroatoms. The van der Waals surface area contributed by atoms with E-state index in [0.717, 1.165) is 13.0 Å². The van der Waals surface area contributed by atoms with E-state index in [2.05, 4.69) is 10.0 Å². The van der Waals surface area contributed by atoms with E-state index in [4.69, 9.17) is 0 Å². The zero-order valence-electron chi connectivity index (χ0n) is 10.9. The molecule has 0 radical (unpaired) electrons. The van der Waals surface area contributed by atoms with Crippen LogP contribution in [0.5, 0.6) is 0 Å². The summed E-state index contributed by atoms with van der Waals surface area (Å²) in [5, 5.41) is 2.68. The highest BCUT2D eigenvalue weighted by Crippen LogP contribution is 2.18. The van der Waals surface area contributed by atoms with Crippen LogP contribution in [0.3, 0.4) is 0 Å². The Bertz CT molecular complexity index is 527. The minimum Gasteiger partial charge on any atom is -0.315 e. The lowest BCUT2D eigenvalue weighted by atomic mass is 10.1. The Balaban J connectivity index is 2.07. The first-order valence-corrected chi connectivity index (χ1v) is 8.01. The van der Waals surface area contributed by atoms with Gasteiger partial charge in [0.25, 0.3) is 0 Å². The molecule has 0 saturated carbocycles. The number of sulfonamides is 1. The predicted octanol–water partition coefficient (Wildman–Crippen LogP) is 1.56. The third-order valence-corrected chi connectivity index (χ3v) is 5.34. The minimum atomic E-state index is -3.38. The standard InChI is InChI=1S/C13H19FN2O2S/c1-10(11-4-2-5-12(14)8-11)16-19(17,18)13-6-3-7-15-9-13/h2,4-5,8,10,13,15-16H,3,6-7,9H2,1H3. The molecule has 19 heavy (non-hydrogen) atoms. The van der Waals surface area contributed by atoms with Crippen LogP contribution in [0.1, 0.15) is 31.4 Å². The van der Waals surface area contributed by atoms with Gasteiger partial charge in [0.2, 0.25) is 10.0 Å². The Morgan fingerprint density at radius 2 is 2.26 bits per heavy atom. The van der Waals surface area contributed by atoms with Crippen LogP contribution in [0.4, 0.5) is 4.39 Å². The summed E-state index contributed by atoms with van der Waals surface area (Å²) in [5.41, 5.74) is 0.632. The van der Waals surface area contributed by atoms with Crippen molar-refractivity contribution in [3.05, 3.63) is 35.6 Å². The van der Waals surface area contributed by atoms with Gasteiger partial charge in [-0.1, -0.05) is 12.1 Å². The highest BCUT2D eigenvalue weighted by molar-refractivity contribution is 7.90. The van der Waals surface area contributed by atoms with Gasteiger partial charge < -0.3 is 5.32 Å². The van der Waals surface area contributed by atoms with Crippen LogP contribution in [-0.4, -0.2) is 26.8 Å². The first-order chi connectivity index (χ1) is 8.99. The molecule has 1 aromatic rings. The molecule has 1 aliphatic rings. The summed E-state index contributed by atoms with van der Waals surface area (Å²) in [7, 11) is -3.38. The third-order valence-electron chi connectivity index (χ3n) is 3.38. The Kier molecular flexibility index (Phi) is 4.54. The summed E-state index contributed by atoms with van der Waals surface area (Å²) in [4.78, 5) is 0. The van der Waals surface area contributed by atoms with Gasteiger partial charge in [-0.05, 0) is 44.0 Å². The van der Waals surface area contributed by atoms with Crippen LogP contribution in [0.15, 0.2) is 24.3 Å². The van der Waals surface area contributed by atoms with Crippen LogP contribution >= 0.6 is 0 Å². The monoisotopic (exact) mass is 286 g/mol. The molecule has 1 heterocycles. The maximum Gasteiger partial charge on any atom is 0.216 e. The zero-order chi connectivity index (χ0) is 13.9. The van der Waals surface area contributed by atoms with Crippen molar-refractivity contribution in [1.82, 2.24) is 10.0 Å². The zero-order valence-corrected chi connectivity index (χ0v) is 11.7. The second kappa shape index (κ2) is 5.98. The Hall–Kier alpha value is -0.980. The van der Waals surface area contributed by atoms with E-state index in [9.17, 15) is 12.8 Å². The summed E-state index contributed by atoms with van der Waals surface area (Å²) in [5.74, 6) is -0.358. The van der Waals surface area contributed by atoms with E-state index in [0.29, 0.717) is 18.5 Å². The molecular weight excluding hydrogens is 267 g/mol. The fraction of sp³-hybridized carbons (Fsp3) is 0.538. The SMILES string of the molecule is CC(NS(=O)(=O)C1CCCNC1)c1cccc(F)c1. The molecule has 0 amide bonds. The van der Waals surface area contributed by atoms with Gasteiger partial charge in [-0.25, -0.2) is 17.5 Å². The number of benzene rings is 1. The van der Waals surface area contributed by atoms with Crippen molar-refractivity contribution in [2.24, 2.45) is 0 Å². The number of nitrogens with one attached hydrogen (secondary N) is 2. The predicted molar refractivity (Wildman–Crippen MR) is 72.8 cm³/mol. The van der Waals surface area contributed by atoms with Gasteiger partial charge in [-0.3, -0.25) is 0 Å². The summed E-state index contributed by atoms with van der Waals surface area (Å²) in [6.45, 7) is 3.07. The van der Waals surface area contributed by atoms with Crippen molar-refractivity contribution < 1.29 is 12.8 Å². The fourth-order valence-corrected chi connectivity index (χ4v) is 3.91. The van der Waals surface area contributed by atoms with Gasteiger partial charge in [0.15, 0.2) is 0 Å². The van der Waals surface area contributed by atoms with Gasteiger partial charge in [0.1, 0.15) is 5.82 Å². The molecule has 0 spiro atoms. The number of rotatable bonds is 4. The van der Waals surface area contributed by atoms with Gasteiger partial charge in [0.05, 0.1) is 5.25 Å². The van der Waals surface area contributed by atoms with Crippen molar-refractivity contribution in [3.63, 3.8) is 0 Å². The minimum absolute atomic E-state index is 0.358. The molecule has 2 rings (SSSR count). The smallest absolute Gasteiger partial charge is 0.216 e. The van der Waals surface area contributed by atoms with E-state index >= 15 is 0 Å². The average molecular weight is 286 g/mol. The second-order valence-electron chi connectivity index (χ2n) is 4.91. The van der Waals surface area contributed by atoms with E-state index in [1.165, 1.54) is 12.1 Å². The summed E-state index contributed by atoms with van der Waals surface area (Å²) in [6, 6.07) is 5.57. The first-order valence-electron chi connectivity index (χ1n) is 6.46. The van der Waals surface area contributed by atoms with Crippen LogP contribution in [0, 0.1) is 5.82 Å². The van der Waals surface area contributed by atoms with Crippen LogP contribution in [-0.2, 0) is 10.0 Å². The van der Waals surface area contributed by atoms with Crippen molar-refractivity contribution in [2.75, 3.05) is 13.1 Å². The average Bonchev–Trinajstić information content (AvgIpc) is 2.39. The highest BCUT2D eigenvalue weighted by atomic mass is 32.2. The van der Waals surface area contributed by atoms with Gasteiger partial charge >= 0.3 is 0 Å². The number of hydrogen-bond acceptors (Lipinski definition) is 3. The number of halogens is 1.